The second kappa shape index (κ2) is 7.12. The van der Waals surface area contributed by atoms with Crippen molar-refractivity contribution in [1.82, 2.24) is 25.0 Å². The van der Waals surface area contributed by atoms with Crippen molar-refractivity contribution in [3.63, 3.8) is 0 Å². The Balaban J connectivity index is 1.74. The van der Waals surface area contributed by atoms with Crippen LogP contribution < -0.4 is 4.90 Å². The highest BCUT2D eigenvalue weighted by Crippen LogP contribution is 2.26. The number of benzene rings is 1. The first-order chi connectivity index (χ1) is 12.4. The Bertz CT molecular complexity index is 838. The van der Waals surface area contributed by atoms with Crippen LogP contribution in [-0.4, -0.2) is 64.5 Å². The molecule has 1 aliphatic rings. The Morgan fingerprint density at radius 3 is 2.96 bits per heavy atom. The van der Waals surface area contributed by atoms with Crippen LogP contribution in [0.4, 0.5) is 5.82 Å². The van der Waals surface area contributed by atoms with Gasteiger partial charge in [-0.2, -0.15) is 4.68 Å². The average molecular weight is 340 g/mol. The van der Waals surface area contributed by atoms with E-state index < -0.39 is 0 Å². The number of methoxy groups -OCH3 is 1. The van der Waals surface area contributed by atoms with Crippen molar-refractivity contribution in [1.29, 1.82) is 0 Å². The molecule has 1 fully saturated rings. The number of para-hydroxylation sites is 1. The first kappa shape index (κ1) is 15.9. The Hall–Kier alpha value is -2.58. The molecular weight excluding hydrogens is 320 g/mol. The summed E-state index contributed by atoms with van der Waals surface area (Å²) >= 11 is 0. The minimum Gasteiger partial charge on any atom is -0.385 e. The smallest absolute Gasteiger partial charge is 0.189 e. The molecule has 0 saturated carbocycles. The van der Waals surface area contributed by atoms with Gasteiger partial charge in [0.05, 0.1) is 24.9 Å². The molecule has 25 heavy (non-hydrogen) atoms. The summed E-state index contributed by atoms with van der Waals surface area (Å²) in [5.41, 5.74) is 2.33. The molecule has 3 heterocycles. The van der Waals surface area contributed by atoms with E-state index in [-0.39, 0.29) is 6.04 Å². The van der Waals surface area contributed by atoms with Crippen molar-refractivity contribution in [2.45, 2.75) is 12.5 Å². The molecule has 0 N–H and O–H groups in total. The summed E-state index contributed by atoms with van der Waals surface area (Å²) in [6.07, 6.45) is 2.44. The van der Waals surface area contributed by atoms with Gasteiger partial charge >= 0.3 is 0 Å². The highest BCUT2D eigenvalue weighted by atomic mass is 16.5. The van der Waals surface area contributed by atoms with Crippen LogP contribution in [0.3, 0.4) is 0 Å². The van der Waals surface area contributed by atoms with Crippen LogP contribution in [0.5, 0.6) is 0 Å². The monoisotopic (exact) mass is 340 g/mol. The number of fused-ring (bicyclic) bond motifs is 1. The largest absolute Gasteiger partial charge is 0.385 e. The van der Waals surface area contributed by atoms with Gasteiger partial charge in [0.2, 0.25) is 0 Å². The summed E-state index contributed by atoms with van der Waals surface area (Å²) in [6, 6.07) is 10.1. The predicted molar refractivity (Wildman–Crippen MR) is 92.9 cm³/mol. The number of morpholine rings is 1. The third-order valence-corrected chi connectivity index (χ3v) is 4.37. The first-order valence-electron chi connectivity index (χ1n) is 8.33. The molecule has 0 amide bonds. The lowest BCUT2D eigenvalue weighted by Gasteiger charge is -2.36. The topological polar surface area (TPSA) is 78.2 Å². The average Bonchev–Trinajstić information content (AvgIpc) is 3.11. The van der Waals surface area contributed by atoms with Crippen molar-refractivity contribution in [3.8, 4) is 5.69 Å². The summed E-state index contributed by atoms with van der Waals surface area (Å²) < 4.78 is 12.6. The van der Waals surface area contributed by atoms with Gasteiger partial charge in [-0.25, -0.2) is 9.97 Å². The summed E-state index contributed by atoms with van der Waals surface area (Å²) in [6.45, 7) is 2.76. The number of aromatic nitrogens is 5. The zero-order valence-electron chi connectivity index (χ0n) is 14.1. The number of hydrogen-bond acceptors (Lipinski definition) is 7. The maximum Gasteiger partial charge on any atom is 0.189 e. The fourth-order valence-electron chi connectivity index (χ4n) is 3.12. The Morgan fingerprint density at radius 2 is 2.12 bits per heavy atom. The zero-order chi connectivity index (χ0) is 17.1. The molecule has 3 aromatic rings. The van der Waals surface area contributed by atoms with Gasteiger partial charge in [0, 0.05) is 20.3 Å². The molecular formula is C17H20N6O2. The number of anilines is 1. The van der Waals surface area contributed by atoms with Crippen LogP contribution in [-0.2, 0) is 9.47 Å². The van der Waals surface area contributed by atoms with Gasteiger partial charge in [-0.15, -0.1) is 5.10 Å². The van der Waals surface area contributed by atoms with E-state index in [2.05, 4.69) is 25.2 Å². The van der Waals surface area contributed by atoms with E-state index in [1.54, 1.807) is 18.1 Å². The van der Waals surface area contributed by atoms with E-state index in [1.165, 1.54) is 0 Å². The highest BCUT2D eigenvalue weighted by molar-refractivity contribution is 5.83. The molecule has 130 valence electrons. The van der Waals surface area contributed by atoms with Crippen molar-refractivity contribution in [2.24, 2.45) is 0 Å². The molecule has 1 saturated heterocycles. The molecule has 0 aliphatic carbocycles. The molecule has 0 radical (unpaired) electrons. The minimum absolute atomic E-state index is 0.202. The molecule has 1 aromatic carbocycles. The molecule has 8 nitrogen and oxygen atoms in total. The summed E-state index contributed by atoms with van der Waals surface area (Å²) in [5.74, 6) is 0.802. The van der Waals surface area contributed by atoms with E-state index in [4.69, 9.17) is 9.47 Å². The van der Waals surface area contributed by atoms with Crippen molar-refractivity contribution < 1.29 is 9.47 Å². The van der Waals surface area contributed by atoms with Crippen LogP contribution in [0, 0.1) is 0 Å². The first-order valence-corrected chi connectivity index (χ1v) is 8.33. The van der Waals surface area contributed by atoms with Gasteiger partial charge in [0.25, 0.3) is 0 Å². The van der Waals surface area contributed by atoms with E-state index in [0.29, 0.717) is 31.0 Å². The van der Waals surface area contributed by atoms with Gasteiger partial charge in [-0.3, -0.25) is 0 Å². The Morgan fingerprint density at radius 1 is 1.24 bits per heavy atom. The van der Waals surface area contributed by atoms with Crippen molar-refractivity contribution in [2.75, 3.05) is 38.4 Å². The summed E-state index contributed by atoms with van der Waals surface area (Å²) in [4.78, 5) is 11.1. The third-order valence-electron chi connectivity index (χ3n) is 4.37. The predicted octanol–water partition coefficient (Wildman–Crippen LogP) is 1.45. The van der Waals surface area contributed by atoms with Crippen LogP contribution >= 0.6 is 0 Å². The van der Waals surface area contributed by atoms with E-state index in [9.17, 15) is 0 Å². The number of hydrogen-bond donors (Lipinski definition) is 0. The van der Waals surface area contributed by atoms with Crippen molar-refractivity contribution >= 4 is 17.0 Å². The van der Waals surface area contributed by atoms with Gasteiger partial charge in [-0.1, -0.05) is 23.4 Å². The van der Waals surface area contributed by atoms with Gasteiger partial charge in [-0.05, 0) is 18.6 Å². The highest BCUT2D eigenvalue weighted by Gasteiger charge is 2.27. The third kappa shape index (κ3) is 3.06. The molecule has 4 rings (SSSR count). The minimum atomic E-state index is 0.202. The molecule has 1 unspecified atom stereocenters. The van der Waals surface area contributed by atoms with Crippen LogP contribution in [0.25, 0.3) is 16.9 Å². The van der Waals surface area contributed by atoms with E-state index >= 15 is 0 Å². The maximum atomic E-state index is 5.64. The van der Waals surface area contributed by atoms with Crippen LogP contribution in [0.1, 0.15) is 6.42 Å². The second-order valence-corrected chi connectivity index (χ2v) is 5.91. The fraction of sp³-hybridized carbons (Fsp3) is 0.412. The van der Waals surface area contributed by atoms with Crippen molar-refractivity contribution in [3.05, 3.63) is 36.7 Å². The summed E-state index contributed by atoms with van der Waals surface area (Å²) in [7, 11) is 1.71. The van der Waals surface area contributed by atoms with Gasteiger partial charge in [0.1, 0.15) is 6.33 Å². The number of rotatable bonds is 5. The molecule has 1 atom stereocenters. The zero-order valence-corrected chi connectivity index (χ0v) is 14.1. The Kier molecular flexibility index (Phi) is 4.53. The standard InChI is InChI=1S/C17H20N6O2/c1-24-9-7-14-11-25-10-8-22(14)16-15-17(19-12-18-16)23(21-20-15)13-5-3-2-4-6-13/h2-6,12,14H,7-11H2,1H3. The SMILES string of the molecule is COCCC1COCCN1c1ncnc2c1nnn2-c1ccccc1. The van der Waals surface area contributed by atoms with Crippen LogP contribution in [0.15, 0.2) is 36.7 Å². The molecule has 2 aromatic heterocycles. The molecule has 0 spiro atoms. The molecule has 0 bridgehead atoms. The molecule has 1 aliphatic heterocycles. The van der Waals surface area contributed by atoms with Gasteiger partial charge in [0.15, 0.2) is 17.0 Å². The second-order valence-electron chi connectivity index (χ2n) is 5.91. The lowest BCUT2D eigenvalue weighted by Crippen LogP contribution is -2.46. The normalized spacial score (nSPS) is 18.0. The van der Waals surface area contributed by atoms with Crippen LogP contribution in [0.2, 0.25) is 0 Å². The number of nitrogens with zero attached hydrogens (tertiary/aromatic N) is 6. The summed E-state index contributed by atoms with van der Waals surface area (Å²) in [5, 5.41) is 8.65. The lowest BCUT2D eigenvalue weighted by atomic mass is 10.1. The Labute approximate surface area is 145 Å². The molecule has 8 heteroatoms. The maximum absolute atomic E-state index is 5.64. The van der Waals surface area contributed by atoms with Gasteiger partial charge < -0.3 is 14.4 Å². The lowest BCUT2D eigenvalue weighted by molar-refractivity contribution is 0.0795. The van der Waals surface area contributed by atoms with E-state index in [0.717, 1.165) is 24.5 Å². The number of ether oxygens (including phenoxy) is 2. The van der Waals surface area contributed by atoms with E-state index in [1.807, 2.05) is 30.3 Å². The fourth-order valence-corrected chi connectivity index (χ4v) is 3.12. The quantitative estimate of drug-likeness (QED) is 0.695.